The second kappa shape index (κ2) is 11.6. The van der Waals surface area contributed by atoms with Crippen molar-refractivity contribution in [3.63, 3.8) is 0 Å². The van der Waals surface area contributed by atoms with E-state index in [4.69, 9.17) is 9.73 Å². The van der Waals surface area contributed by atoms with Crippen LogP contribution in [0.3, 0.4) is 0 Å². The number of aliphatic hydroxyl groups is 1. The molecule has 6 nitrogen and oxygen atoms in total. The smallest absolute Gasteiger partial charge is 0.191 e. The molecule has 1 aromatic rings. The number of aliphatic imine (C=N–C) groups is 1. The van der Waals surface area contributed by atoms with E-state index >= 15 is 0 Å². The molecule has 1 aromatic heterocycles. The molecule has 1 unspecified atom stereocenters. The first kappa shape index (κ1) is 22.1. The van der Waals surface area contributed by atoms with Crippen LogP contribution in [0, 0.1) is 12.3 Å². The summed E-state index contributed by atoms with van der Waals surface area (Å²) in [7, 11) is 0. The van der Waals surface area contributed by atoms with Gasteiger partial charge in [-0.1, -0.05) is 0 Å². The summed E-state index contributed by atoms with van der Waals surface area (Å²) in [5.41, 5.74) is 2.50. The van der Waals surface area contributed by atoms with Crippen molar-refractivity contribution in [2.75, 3.05) is 39.5 Å². The van der Waals surface area contributed by atoms with Crippen LogP contribution in [0.5, 0.6) is 0 Å². The maximum absolute atomic E-state index is 9.31. The van der Waals surface area contributed by atoms with E-state index in [9.17, 15) is 5.11 Å². The first-order chi connectivity index (χ1) is 11.7. The van der Waals surface area contributed by atoms with Crippen LogP contribution in [0.1, 0.15) is 30.9 Å². The van der Waals surface area contributed by atoms with E-state index in [-0.39, 0.29) is 36.0 Å². The van der Waals surface area contributed by atoms with Crippen molar-refractivity contribution in [3.8, 4) is 0 Å². The highest BCUT2D eigenvalue weighted by molar-refractivity contribution is 14.0. The Bertz CT molecular complexity index is 534. The zero-order valence-electron chi connectivity index (χ0n) is 15.3. The van der Waals surface area contributed by atoms with Crippen molar-refractivity contribution in [2.45, 2.75) is 33.1 Å². The van der Waals surface area contributed by atoms with Gasteiger partial charge in [-0.25, -0.2) is 0 Å². The van der Waals surface area contributed by atoms with Gasteiger partial charge in [0, 0.05) is 44.1 Å². The molecule has 3 N–H and O–H groups in total. The predicted molar refractivity (Wildman–Crippen MR) is 112 cm³/mol. The zero-order chi connectivity index (χ0) is 17.3. The summed E-state index contributed by atoms with van der Waals surface area (Å²) in [5.74, 6) is 0.827. The lowest BCUT2D eigenvalue weighted by Gasteiger charge is -2.24. The molecule has 142 valence electrons. The molecule has 0 spiro atoms. The van der Waals surface area contributed by atoms with E-state index < -0.39 is 0 Å². The minimum absolute atomic E-state index is 0. The number of ether oxygens (including phenoxy) is 1. The number of hydrogen-bond donors (Lipinski definition) is 3. The van der Waals surface area contributed by atoms with E-state index in [1.54, 1.807) is 0 Å². The lowest BCUT2D eigenvalue weighted by molar-refractivity contribution is 0.131. The first-order valence-electron chi connectivity index (χ1n) is 8.79. The maximum atomic E-state index is 9.31. The van der Waals surface area contributed by atoms with Gasteiger partial charge in [-0.2, -0.15) is 0 Å². The normalized spacial score (nSPS) is 20.2. The summed E-state index contributed by atoms with van der Waals surface area (Å²) in [4.78, 5) is 8.86. The number of nitrogens with one attached hydrogen (secondary N) is 2. The van der Waals surface area contributed by atoms with Crippen molar-refractivity contribution in [1.29, 1.82) is 0 Å². The highest BCUT2D eigenvalue weighted by Crippen LogP contribution is 2.32. The monoisotopic (exact) mass is 462 g/mol. The molecule has 0 saturated carbocycles. The Morgan fingerprint density at radius 2 is 2.28 bits per heavy atom. The third-order valence-electron chi connectivity index (χ3n) is 4.57. The molecule has 2 heterocycles. The van der Waals surface area contributed by atoms with Gasteiger partial charge in [0.2, 0.25) is 0 Å². The molecule has 1 atom stereocenters. The van der Waals surface area contributed by atoms with Gasteiger partial charge in [0.05, 0.1) is 13.2 Å². The first-order valence-corrected chi connectivity index (χ1v) is 8.79. The zero-order valence-corrected chi connectivity index (χ0v) is 17.6. The maximum Gasteiger partial charge on any atom is 0.191 e. The van der Waals surface area contributed by atoms with E-state index in [0.29, 0.717) is 13.2 Å². The molecule has 0 aromatic carbocycles. The highest BCUT2D eigenvalue weighted by Gasteiger charge is 2.34. The highest BCUT2D eigenvalue weighted by atomic mass is 127. The second-order valence-electron chi connectivity index (χ2n) is 6.45. The molecule has 1 fully saturated rings. The molecule has 2 rings (SSSR count). The molecule has 1 aliphatic heterocycles. The molecule has 1 saturated heterocycles. The summed E-state index contributed by atoms with van der Waals surface area (Å²) in [5, 5.41) is 16.0. The number of rotatable bonds is 8. The number of aromatic nitrogens is 1. The van der Waals surface area contributed by atoms with Crippen LogP contribution < -0.4 is 10.6 Å². The number of guanidine groups is 1. The van der Waals surface area contributed by atoms with Gasteiger partial charge >= 0.3 is 0 Å². The van der Waals surface area contributed by atoms with Crippen LogP contribution in [-0.2, 0) is 11.2 Å². The molecule has 25 heavy (non-hydrogen) atoms. The Morgan fingerprint density at radius 1 is 1.44 bits per heavy atom. The molecular weight excluding hydrogens is 431 g/mol. The van der Waals surface area contributed by atoms with Gasteiger partial charge in [-0.3, -0.25) is 9.98 Å². The fourth-order valence-electron chi connectivity index (χ4n) is 2.97. The van der Waals surface area contributed by atoms with Gasteiger partial charge in [-0.05, 0) is 50.3 Å². The summed E-state index contributed by atoms with van der Waals surface area (Å²) in [6, 6.07) is 2.06. The lowest BCUT2D eigenvalue weighted by atomic mass is 9.84. The Morgan fingerprint density at radius 3 is 2.92 bits per heavy atom. The third-order valence-corrected chi connectivity index (χ3v) is 4.57. The minimum atomic E-state index is -0.0151. The van der Waals surface area contributed by atoms with Crippen molar-refractivity contribution in [2.24, 2.45) is 10.4 Å². The van der Waals surface area contributed by atoms with Gasteiger partial charge in [0.25, 0.3) is 0 Å². The Kier molecular flexibility index (Phi) is 10.3. The SMILES string of the molecule is CCNC(=NCC1(CCO)CCOC1)NCCc1ccncc1C.I. The summed E-state index contributed by atoms with van der Waals surface area (Å²) in [6.07, 6.45) is 6.37. The molecule has 0 amide bonds. The predicted octanol–water partition coefficient (Wildman–Crippen LogP) is 1.89. The Balaban J connectivity index is 0.00000312. The van der Waals surface area contributed by atoms with Crippen LogP contribution in [-0.4, -0.2) is 55.5 Å². The van der Waals surface area contributed by atoms with Crippen LogP contribution >= 0.6 is 24.0 Å². The number of pyridine rings is 1. The largest absolute Gasteiger partial charge is 0.396 e. The fourth-order valence-corrected chi connectivity index (χ4v) is 2.97. The topological polar surface area (TPSA) is 78.8 Å². The van der Waals surface area contributed by atoms with Gasteiger partial charge in [-0.15, -0.1) is 24.0 Å². The number of nitrogens with zero attached hydrogens (tertiary/aromatic N) is 2. The molecule has 1 aliphatic rings. The van der Waals surface area contributed by atoms with E-state index in [1.807, 2.05) is 12.4 Å². The molecule has 0 bridgehead atoms. The van der Waals surface area contributed by atoms with Crippen LogP contribution in [0.2, 0.25) is 0 Å². The Hall–Kier alpha value is -0.930. The molecular formula is C18H31IN4O2. The van der Waals surface area contributed by atoms with Crippen molar-refractivity contribution in [3.05, 3.63) is 29.6 Å². The minimum Gasteiger partial charge on any atom is -0.396 e. The summed E-state index contributed by atoms with van der Waals surface area (Å²) in [6.45, 7) is 8.10. The average molecular weight is 462 g/mol. The van der Waals surface area contributed by atoms with Crippen LogP contribution in [0.15, 0.2) is 23.5 Å². The summed E-state index contributed by atoms with van der Waals surface area (Å²) < 4.78 is 5.53. The number of hydrogen-bond acceptors (Lipinski definition) is 4. The van der Waals surface area contributed by atoms with Crippen molar-refractivity contribution < 1.29 is 9.84 Å². The van der Waals surface area contributed by atoms with E-state index in [1.165, 1.54) is 11.1 Å². The lowest BCUT2D eigenvalue weighted by Crippen LogP contribution is -2.39. The number of aryl methyl sites for hydroxylation is 1. The average Bonchev–Trinajstić information content (AvgIpc) is 3.04. The standard InChI is InChI=1S/C18H30N4O2.HI/c1-3-20-17(21-9-5-16-4-8-19-12-15(16)2)22-13-18(6-10-23)7-11-24-14-18;/h4,8,12,23H,3,5-7,9-11,13-14H2,1-2H3,(H2,20,21,22);1H. The van der Waals surface area contributed by atoms with Gasteiger partial charge < -0.3 is 20.5 Å². The fraction of sp³-hybridized carbons (Fsp3) is 0.667. The van der Waals surface area contributed by atoms with Crippen LogP contribution in [0.4, 0.5) is 0 Å². The Labute approximate surface area is 167 Å². The van der Waals surface area contributed by atoms with E-state index in [0.717, 1.165) is 44.9 Å². The molecule has 0 radical (unpaired) electrons. The quantitative estimate of drug-likeness (QED) is 0.313. The van der Waals surface area contributed by atoms with Crippen molar-refractivity contribution >= 4 is 29.9 Å². The van der Waals surface area contributed by atoms with E-state index in [2.05, 4.69) is 35.5 Å². The van der Waals surface area contributed by atoms with Gasteiger partial charge in [0.15, 0.2) is 5.96 Å². The van der Waals surface area contributed by atoms with Crippen molar-refractivity contribution in [1.82, 2.24) is 15.6 Å². The van der Waals surface area contributed by atoms with Gasteiger partial charge in [0.1, 0.15) is 0 Å². The van der Waals surface area contributed by atoms with Crippen LogP contribution in [0.25, 0.3) is 0 Å². The summed E-state index contributed by atoms with van der Waals surface area (Å²) >= 11 is 0. The second-order valence-corrected chi connectivity index (χ2v) is 6.45. The third kappa shape index (κ3) is 7.07. The number of aliphatic hydroxyl groups excluding tert-OH is 1. The molecule has 7 heteroatoms. The molecule has 0 aliphatic carbocycles. The number of halogens is 1.